The van der Waals surface area contributed by atoms with Crippen molar-refractivity contribution in [2.24, 2.45) is 0 Å². The second-order valence-corrected chi connectivity index (χ2v) is 7.42. The molecule has 2 amide bonds. The van der Waals surface area contributed by atoms with Crippen LogP contribution >= 0.6 is 23.1 Å². The number of anilines is 2. The first-order chi connectivity index (χ1) is 13.2. The molecule has 0 aliphatic rings. The highest BCUT2D eigenvalue weighted by molar-refractivity contribution is 7.98. The molecule has 0 saturated carbocycles. The average Bonchev–Trinajstić information content (AvgIpc) is 3.15. The smallest absolute Gasteiger partial charge is 0.257 e. The fourth-order valence-corrected chi connectivity index (χ4v) is 3.73. The third-order valence-corrected chi connectivity index (χ3v) is 5.40. The number of thioether (sulfide) groups is 1. The first-order valence-electron chi connectivity index (χ1n) is 8.39. The predicted octanol–water partition coefficient (Wildman–Crippen LogP) is 4.69. The molecule has 1 heterocycles. The summed E-state index contributed by atoms with van der Waals surface area (Å²) in [7, 11) is 0. The van der Waals surface area contributed by atoms with Crippen LogP contribution in [0, 0.1) is 0 Å². The maximum Gasteiger partial charge on any atom is 0.257 e. The van der Waals surface area contributed by atoms with E-state index >= 15 is 0 Å². The lowest BCUT2D eigenvalue weighted by Gasteiger charge is -2.08. The molecule has 0 fully saturated rings. The third kappa shape index (κ3) is 5.42. The number of rotatable bonds is 7. The summed E-state index contributed by atoms with van der Waals surface area (Å²) in [6, 6.07) is 16.7. The van der Waals surface area contributed by atoms with Crippen LogP contribution in [0.1, 0.15) is 22.5 Å². The Kier molecular flexibility index (Phi) is 6.62. The van der Waals surface area contributed by atoms with E-state index in [0.717, 1.165) is 16.3 Å². The van der Waals surface area contributed by atoms with Crippen LogP contribution in [0.25, 0.3) is 0 Å². The van der Waals surface area contributed by atoms with Gasteiger partial charge in [0.2, 0.25) is 5.91 Å². The van der Waals surface area contributed by atoms with Gasteiger partial charge in [-0.25, -0.2) is 4.98 Å². The summed E-state index contributed by atoms with van der Waals surface area (Å²) >= 11 is 2.95. The van der Waals surface area contributed by atoms with E-state index in [4.69, 9.17) is 0 Å². The molecule has 0 aliphatic heterocycles. The summed E-state index contributed by atoms with van der Waals surface area (Å²) in [5.41, 5.74) is 2.20. The van der Waals surface area contributed by atoms with Crippen molar-refractivity contribution in [1.82, 2.24) is 4.98 Å². The van der Waals surface area contributed by atoms with Crippen molar-refractivity contribution in [3.63, 3.8) is 0 Å². The topological polar surface area (TPSA) is 71.1 Å². The molecule has 0 atom stereocenters. The second-order valence-electron chi connectivity index (χ2n) is 5.71. The van der Waals surface area contributed by atoms with Crippen LogP contribution in [-0.2, 0) is 11.2 Å². The minimum atomic E-state index is -0.192. The molecule has 3 aromatic rings. The number of aryl methyl sites for hydroxylation is 1. The predicted molar refractivity (Wildman–Crippen MR) is 112 cm³/mol. The van der Waals surface area contributed by atoms with Gasteiger partial charge in [-0.05, 0) is 36.9 Å². The molecule has 0 spiro atoms. The van der Waals surface area contributed by atoms with E-state index in [9.17, 15) is 9.59 Å². The van der Waals surface area contributed by atoms with Crippen molar-refractivity contribution in [2.75, 3.05) is 16.9 Å². The number of amides is 2. The number of para-hydroxylation sites is 1. The van der Waals surface area contributed by atoms with Crippen molar-refractivity contribution in [3.8, 4) is 0 Å². The highest BCUT2D eigenvalue weighted by Crippen LogP contribution is 2.25. The van der Waals surface area contributed by atoms with E-state index < -0.39 is 0 Å². The van der Waals surface area contributed by atoms with Gasteiger partial charge >= 0.3 is 0 Å². The quantitative estimate of drug-likeness (QED) is 0.568. The Hall–Kier alpha value is -2.64. The van der Waals surface area contributed by atoms with Crippen molar-refractivity contribution < 1.29 is 9.59 Å². The van der Waals surface area contributed by atoms with Crippen LogP contribution in [0.5, 0.6) is 0 Å². The molecule has 1 aromatic heterocycles. The molecule has 3 rings (SSSR count). The first-order valence-corrected chi connectivity index (χ1v) is 10.5. The van der Waals surface area contributed by atoms with Crippen molar-refractivity contribution in [1.29, 1.82) is 0 Å². The number of aromatic nitrogens is 1. The number of benzene rings is 2. The molecule has 138 valence electrons. The zero-order valence-electron chi connectivity index (χ0n) is 14.8. The number of hydrogen-bond acceptors (Lipinski definition) is 5. The Morgan fingerprint density at radius 1 is 1.04 bits per heavy atom. The van der Waals surface area contributed by atoms with Gasteiger partial charge in [-0.1, -0.05) is 30.3 Å². The normalized spacial score (nSPS) is 10.4. The Balaban J connectivity index is 1.52. The maximum atomic E-state index is 12.2. The highest BCUT2D eigenvalue weighted by Gasteiger charge is 2.11. The standard InChI is InChI=1S/C20H19N3O2S2/c1-26-17-10-6-5-9-16(17)22-18(24)12-11-15-13-27-20(21-15)23-19(25)14-7-3-2-4-8-14/h2-10,13H,11-12H2,1H3,(H,22,24)(H,21,23,25). The number of nitrogens with one attached hydrogen (secondary N) is 2. The molecule has 0 bridgehead atoms. The van der Waals surface area contributed by atoms with Gasteiger partial charge in [0, 0.05) is 22.3 Å². The lowest BCUT2D eigenvalue weighted by atomic mass is 10.2. The summed E-state index contributed by atoms with van der Waals surface area (Å²) in [6.45, 7) is 0. The van der Waals surface area contributed by atoms with Gasteiger partial charge in [0.05, 0.1) is 11.4 Å². The molecule has 0 unspecified atom stereocenters. The molecule has 2 N–H and O–H groups in total. The van der Waals surface area contributed by atoms with Gasteiger partial charge in [-0.15, -0.1) is 23.1 Å². The largest absolute Gasteiger partial charge is 0.325 e. The summed E-state index contributed by atoms with van der Waals surface area (Å²) in [4.78, 5) is 29.8. The van der Waals surface area contributed by atoms with Crippen LogP contribution in [0.4, 0.5) is 10.8 Å². The molecular formula is C20H19N3O2S2. The SMILES string of the molecule is CSc1ccccc1NC(=O)CCc1csc(NC(=O)c2ccccc2)n1. The summed E-state index contributed by atoms with van der Waals surface area (Å²) in [5, 5.41) is 8.12. The Labute approximate surface area is 166 Å². The zero-order chi connectivity index (χ0) is 19.1. The molecule has 5 nitrogen and oxygen atoms in total. The van der Waals surface area contributed by atoms with Crippen LogP contribution in [0.3, 0.4) is 0 Å². The van der Waals surface area contributed by atoms with Gasteiger partial charge in [0.15, 0.2) is 5.13 Å². The molecule has 7 heteroatoms. The van der Waals surface area contributed by atoms with Crippen molar-refractivity contribution in [3.05, 3.63) is 71.2 Å². The summed E-state index contributed by atoms with van der Waals surface area (Å²) < 4.78 is 0. The van der Waals surface area contributed by atoms with E-state index in [2.05, 4.69) is 15.6 Å². The Morgan fingerprint density at radius 2 is 1.78 bits per heavy atom. The number of nitrogens with zero attached hydrogens (tertiary/aromatic N) is 1. The second kappa shape index (κ2) is 9.34. The lowest BCUT2D eigenvalue weighted by Crippen LogP contribution is -2.13. The van der Waals surface area contributed by atoms with Gasteiger partial charge < -0.3 is 5.32 Å². The van der Waals surface area contributed by atoms with Crippen molar-refractivity contribution in [2.45, 2.75) is 17.7 Å². The Bertz CT molecular complexity index is 926. The van der Waals surface area contributed by atoms with Crippen LogP contribution < -0.4 is 10.6 Å². The third-order valence-electron chi connectivity index (χ3n) is 3.80. The van der Waals surface area contributed by atoms with Crippen molar-refractivity contribution >= 4 is 45.7 Å². The van der Waals surface area contributed by atoms with Crippen LogP contribution in [0.2, 0.25) is 0 Å². The highest BCUT2D eigenvalue weighted by atomic mass is 32.2. The van der Waals surface area contributed by atoms with Crippen LogP contribution in [-0.4, -0.2) is 23.1 Å². The van der Waals surface area contributed by atoms with E-state index in [1.807, 2.05) is 54.1 Å². The number of thiazole rings is 1. The van der Waals surface area contributed by atoms with E-state index in [1.54, 1.807) is 23.9 Å². The number of hydrogen-bond donors (Lipinski definition) is 2. The number of carbonyl (C=O) groups is 2. The van der Waals surface area contributed by atoms with Gasteiger partial charge in [-0.2, -0.15) is 0 Å². The molecule has 0 saturated heterocycles. The number of carbonyl (C=O) groups excluding carboxylic acids is 2. The average molecular weight is 398 g/mol. The molecule has 27 heavy (non-hydrogen) atoms. The molecular weight excluding hydrogens is 378 g/mol. The maximum absolute atomic E-state index is 12.2. The fraction of sp³-hybridized carbons (Fsp3) is 0.150. The van der Waals surface area contributed by atoms with Gasteiger partial charge in [0.25, 0.3) is 5.91 Å². The molecule has 0 aliphatic carbocycles. The van der Waals surface area contributed by atoms with E-state index in [-0.39, 0.29) is 11.8 Å². The zero-order valence-corrected chi connectivity index (χ0v) is 16.4. The minimum Gasteiger partial charge on any atom is -0.325 e. The van der Waals surface area contributed by atoms with Gasteiger partial charge in [-0.3, -0.25) is 14.9 Å². The minimum absolute atomic E-state index is 0.0561. The Morgan fingerprint density at radius 3 is 2.56 bits per heavy atom. The summed E-state index contributed by atoms with van der Waals surface area (Å²) in [5.74, 6) is -0.248. The lowest BCUT2D eigenvalue weighted by molar-refractivity contribution is -0.116. The van der Waals surface area contributed by atoms with Crippen LogP contribution in [0.15, 0.2) is 64.9 Å². The fourth-order valence-electron chi connectivity index (χ4n) is 2.44. The first kappa shape index (κ1) is 19.1. The monoisotopic (exact) mass is 397 g/mol. The van der Waals surface area contributed by atoms with Gasteiger partial charge in [0.1, 0.15) is 0 Å². The molecule has 2 aromatic carbocycles. The summed E-state index contributed by atoms with van der Waals surface area (Å²) in [6.07, 6.45) is 2.83. The van der Waals surface area contributed by atoms with E-state index in [1.165, 1.54) is 11.3 Å². The van der Waals surface area contributed by atoms with E-state index in [0.29, 0.717) is 23.5 Å². The molecule has 0 radical (unpaired) electrons.